The van der Waals surface area contributed by atoms with Gasteiger partial charge in [0.1, 0.15) is 6.07 Å². The van der Waals surface area contributed by atoms with Crippen molar-refractivity contribution in [2.75, 3.05) is 5.43 Å². The van der Waals surface area contributed by atoms with Crippen LogP contribution in [-0.2, 0) is 6.42 Å². The second kappa shape index (κ2) is 6.10. The highest BCUT2D eigenvalue weighted by atomic mass is 15.3. The Morgan fingerprint density at radius 1 is 1.23 bits per heavy atom. The fourth-order valence-corrected chi connectivity index (χ4v) is 2.13. The number of aromatic nitrogens is 2. The number of aryl methyl sites for hydroxylation is 1. The van der Waals surface area contributed by atoms with Crippen molar-refractivity contribution in [3.63, 3.8) is 0 Å². The molecule has 1 aromatic heterocycles. The molecule has 5 nitrogen and oxygen atoms in total. The number of imidazole rings is 1. The van der Waals surface area contributed by atoms with Gasteiger partial charge in [-0.3, -0.25) is 5.43 Å². The van der Waals surface area contributed by atoms with E-state index in [1.165, 1.54) is 5.56 Å². The third-order valence-corrected chi connectivity index (χ3v) is 3.38. The van der Waals surface area contributed by atoms with Crippen LogP contribution in [0.3, 0.4) is 0 Å². The molecule has 3 rings (SSSR count). The fraction of sp³-hybridized carbons (Fsp3) is 0.118. The van der Waals surface area contributed by atoms with Crippen molar-refractivity contribution in [3.8, 4) is 6.07 Å². The van der Waals surface area contributed by atoms with Crippen molar-refractivity contribution in [3.05, 3.63) is 59.9 Å². The van der Waals surface area contributed by atoms with Gasteiger partial charge in [0, 0.05) is 0 Å². The van der Waals surface area contributed by atoms with Gasteiger partial charge in [-0.15, -0.1) is 0 Å². The molecular weight excluding hydrogens is 274 g/mol. The lowest BCUT2D eigenvalue weighted by molar-refractivity contribution is 1.14. The second-order valence-corrected chi connectivity index (χ2v) is 4.84. The van der Waals surface area contributed by atoms with E-state index < -0.39 is 0 Å². The zero-order chi connectivity index (χ0) is 15.4. The number of fused-ring (bicyclic) bond motifs is 1. The van der Waals surface area contributed by atoms with Gasteiger partial charge in [-0.05, 0) is 36.2 Å². The molecule has 0 unspecified atom stereocenters. The molecule has 5 heteroatoms. The van der Waals surface area contributed by atoms with E-state index in [1.807, 2.05) is 48.5 Å². The van der Waals surface area contributed by atoms with Crippen LogP contribution >= 0.6 is 0 Å². The van der Waals surface area contributed by atoms with Crippen LogP contribution in [0.15, 0.2) is 53.6 Å². The molecule has 2 N–H and O–H groups in total. The summed E-state index contributed by atoms with van der Waals surface area (Å²) in [4.78, 5) is 7.47. The van der Waals surface area contributed by atoms with E-state index in [2.05, 4.69) is 33.5 Å². The largest absolute Gasteiger partial charge is 0.336 e. The van der Waals surface area contributed by atoms with Gasteiger partial charge in [0.2, 0.25) is 5.71 Å². The van der Waals surface area contributed by atoms with Gasteiger partial charge in [-0.25, -0.2) is 4.98 Å². The Hall–Kier alpha value is -3.13. The van der Waals surface area contributed by atoms with E-state index in [0.717, 1.165) is 23.1 Å². The SMILES string of the molecule is CCc1ccc(N/N=C(\C#N)c2nc3ccccc3[nH]2)cc1. The number of rotatable bonds is 4. The Morgan fingerprint density at radius 3 is 2.68 bits per heavy atom. The summed E-state index contributed by atoms with van der Waals surface area (Å²) >= 11 is 0. The Bertz CT molecular complexity index is 820. The molecule has 0 spiro atoms. The van der Waals surface area contributed by atoms with Crippen molar-refractivity contribution in [1.29, 1.82) is 5.26 Å². The first kappa shape index (κ1) is 13.8. The highest BCUT2D eigenvalue weighted by Crippen LogP contribution is 2.12. The lowest BCUT2D eigenvalue weighted by atomic mass is 10.2. The maximum Gasteiger partial charge on any atom is 0.203 e. The molecule has 2 aromatic carbocycles. The second-order valence-electron chi connectivity index (χ2n) is 4.84. The van der Waals surface area contributed by atoms with E-state index in [1.54, 1.807) is 0 Å². The van der Waals surface area contributed by atoms with E-state index >= 15 is 0 Å². The van der Waals surface area contributed by atoms with E-state index in [9.17, 15) is 5.26 Å². The molecule has 0 saturated heterocycles. The van der Waals surface area contributed by atoms with Crippen LogP contribution in [0.1, 0.15) is 18.3 Å². The summed E-state index contributed by atoms with van der Waals surface area (Å²) < 4.78 is 0. The molecule has 22 heavy (non-hydrogen) atoms. The number of benzene rings is 2. The Morgan fingerprint density at radius 2 is 2.00 bits per heavy atom. The van der Waals surface area contributed by atoms with Crippen molar-refractivity contribution in [2.24, 2.45) is 5.10 Å². The highest BCUT2D eigenvalue weighted by molar-refractivity contribution is 6.10. The van der Waals surface area contributed by atoms with Crippen LogP contribution < -0.4 is 5.43 Å². The van der Waals surface area contributed by atoms with Crippen LogP contribution in [0, 0.1) is 11.3 Å². The maximum absolute atomic E-state index is 9.28. The van der Waals surface area contributed by atoms with Crippen molar-refractivity contribution in [2.45, 2.75) is 13.3 Å². The van der Waals surface area contributed by atoms with Gasteiger partial charge in [-0.2, -0.15) is 10.4 Å². The quantitative estimate of drug-likeness (QED) is 0.570. The highest BCUT2D eigenvalue weighted by Gasteiger charge is 2.08. The number of nitriles is 1. The van der Waals surface area contributed by atoms with Crippen LogP contribution in [0.5, 0.6) is 0 Å². The molecule has 1 heterocycles. The molecule has 108 valence electrons. The van der Waals surface area contributed by atoms with Gasteiger partial charge >= 0.3 is 0 Å². The minimum atomic E-state index is 0.218. The van der Waals surface area contributed by atoms with Crippen molar-refractivity contribution >= 4 is 22.4 Å². The Labute approximate surface area is 128 Å². The molecule has 0 aliphatic carbocycles. The van der Waals surface area contributed by atoms with Crippen LogP contribution in [-0.4, -0.2) is 15.7 Å². The number of hydrazone groups is 1. The number of aromatic amines is 1. The number of hydrogen-bond acceptors (Lipinski definition) is 4. The van der Waals surface area contributed by atoms with Gasteiger partial charge in [0.05, 0.1) is 16.7 Å². The van der Waals surface area contributed by atoms with Crippen LogP contribution in [0.4, 0.5) is 5.69 Å². The standard InChI is InChI=1S/C17H15N5/c1-2-12-7-9-13(10-8-12)21-22-16(11-18)17-19-14-5-3-4-6-15(14)20-17/h3-10,21H,2H2,1H3,(H,19,20)/b22-16+. The fourth-order valence-electron chi connectivity index (χ4n) is 2.13. The summed E-state index contributed by atoms with van der Waals surface area (Å²) in [6.07, 6.45) is 0.992. The molecular formula is C17H15N5. The predicted octanol–water partition coefficient (Wildman–Crippen LogP) is 3.47. The monoisotopic (exact) mass is 289 g/mol. The van der Waals surface area contributed by atoms with Crippen molar-refractivity contribution < 1.29 is 0 Å². The number of hydrogen-bond donors (Lipinski definition) is 2. The zero-order valence-electron chi connectivity index (χ0n) is 12.2. The number of para-hydroxylation sites is 2. The Kier molecular flexibility index (Phi) is 3.84. The number of nitrogens with zero attached hydrogens (tertiary/aromatic N) is 3. The topological polar surface area (TPSA) is 76.9 Å². The molecule has 0 radical (unpaired) electrons. The van der Waals surface area contributed by atoms with Crippen LogP contribution in [0.2, 0.25) is 0 Å². The first-order chi connectivity index (χ1) is 10.8. The molecule has 0 bridgehead atoms. The zero-order valence-corrected chi connectivity index (χ0v) is 12.2. The average molecular weight is 289 g/mol. The Balaban J connectivity index is 1.84. The smallest absolute Gasteiger partial charge is 0.203 e. The van der Waals surface area contributed by atoms with Gasteiger partial charge < -0.3 is 4.98 Å². The van der Waals surface area contributed by atoms with Crippen LogP contribution in [0.25, 0.3) is 11.0 Å². The lowest BCUT2D eigenvalue weighted by Crippen LogP contribution is -2.03. The van der Waals surface area contributed by atoms with E-state index in [0.29, 0.717) is 5.82 Å². The van der Waals surface area contributed by atoms with Gasteiger partial charge in [-0.1, -0.05) is 31.2 Å². The van der Waals surface area contributed by atoms with E-state index in [-0.39, 0.29) is 5.71 Å². The summed E-state index contributed by atoms with van der Waals surface area (Å²) in [6, 6.07) is 17.6. The normalized spacial score (nSPS) is 11.4. The molecule has 0 aliphatic rings. The summed E-state index contributed by atoms with van der Waals surface area (Å²) in [6.45, 7) is 2.11. The predicted molar refractivity (Wildman–Crippen MR) is 87.7 cm³/mol. The third kappa shape index (κ3) is 2.81. The minimum absolute atomic E-state index is 0.218. The number of anilines is 1. The molecule has 0 saturated carbocycles. The maximum atomic E-state index is 9.28. The third-order valence-electron chi connectivity index (χ3n) is 3.38. The van der Waals surface area contributed by atoms with Crippen molar-refractivity contribution in [1.82, 2.24) is 9.97 Å². The average Bonchev–Trinajstić information content (AvgIpc) is 3.00. The summed E-state index contributed by atoms with van der Waals surface area (Å²) in [5.74, 6) is 0.460. The first-order valence-electron chi connectivity index (χ1n) is 7.08. The number of nitrogens with one attached hydrogen (secondary N) is 2. The molecule has 0 atom stereocenters. The van der Waals surface area contributed by atoms with E-state index in [4.69, 9.17) is 0 Å². The summed E-state index contributed by atoms with van der Waals surface area (Å²) in [5.41, 5.74) is 6.90. The van der Waals surface area contributed by atoms with Gasteiger partial charge in [0.25, 0.3) is 0 Å². The number of H-pyrrole nitrogens is 1. The summed E-state index contributed by atoms with van der Waals surface area (Å²) in [7, 11) is 0. The lowest BCUT2D eigenvalue weighted by Gasteiger charge is -2.02. The minimum Gasteiger partial charge on any atom is -0.336 e. The molecule has 3 aromatic rings. The van der Waals surface area contributed by atoms with Gasteiger partial charge in [0.15, 0.2) is 5.82 Å². The molecule has 0 fully saturated rings. The molecule has 0 aliphatic heterocycles. The first-order valence-corrected chi connectivity index (χ1v) is 7.08. The summed E-state index contributed by atoms with van der Waals surface area (Å²) in [5, 5.41) is 13.4. The molecule has 0 amide bonds.